The lowest BCUT2D eigenvalue weighted by Crippen LogP contribution is -2.53. The number of nitrogens with one attached hydrogen (secondary N) is 1. The largest absolute Gasteiger partial charge is 0.368 e. The number of carbonyl (C=O) groups is 1. The molecule has 0 bridgehead atoms. The fraction of sp³-hybridized carbons (Fsp3) is 0.316. The second-order valence-corrected chi connectivity index (χ2v) is 6.69. The van der Waals surface area contributed by atoms with E-state index in [1.54, 1.807) is 13.1 Å². The van der Waals surface area contributed by atoms with E-state index in [-0.39, 0.29) is 5.91 Å². The van der Waals surface area contributed by atoms with Gasteiger partial charge in [-0.15, -0.1) is 0 Å². The number of carbonyl (C=O) groups excluding carboxylic acids is 1. The number of benzene rings is 2. The number of rotatable bonds is 7. The van der Waals surface area contributed by atoms with Gasteiger partial charge in [-0.2, -0.15) is 0 Å². The number of aryl methyl sites for hydroxylation is 1. The van der Waals surface area contributed by atoms with Crippen LogP contribution in [0.25, 0.3) is 11.1 Å². The first-order chi connectivity index (χ1) is 11.4. The van der Waals surface area contributed by atoms with Crippen LogP contribution >= 0.6 is 23.2 Å². The van der Waals surface area contributed by atoms with Crippen molar-refractivity contribution in [1.82, 2.24) is 5.32 Å². The van der Waals surface area contributed by atoms with Crippen LogP contribution in [0.3, 0.4) is 0 Å². The molecule has 2 rings (SSSR count). The molecule has 0 spiro atoms. The van der Waals surface area contributed by atoms with Crippen molar-refractivity contribution >= 4 is 29.1 Å². The second kappa shape index (κ2) is 8.02. The Morgan fingerprint density at radius 2 is 1.71 bits per heavy atom. The number of primary amides is 1. The molecule has 1 amide bonds. The van der Waals surface area contributed by atoms with Crippen LogP contribution in [0, 0.1) is 0 Å². The Morgan fingerprint density at radius 1 is 1.08 bits per heavy atom. The summed E-state index contributed by atoms with van der Waals surface area (Å²) in [5.74, 6) is -0.306. The van der Waals surface area contributed by atoms with Gasteiger partial charge in [0.1, 0.15) is 0 Å². The number of amides is 1. The molecule has 0 aromatic heterocycles. The Kier molecular flexibility index (Phi) is 6.27. The van der Waals surface area contributed by atoms with Gasteiger partial charge in [-0.05, 0) is 55.1 Å². The molecule has 0 aliphatic heterocycles. The summed E-state index contributed by atoms with van der Waals surface area (Å²) in [5, 5.41) is 4.17. The van der Waals surface area contributed by atoms with E-state index in [9.17, 15) is 4.79 Å². The lowest BCUT2D eigenvalue weighted by atomic mass is 9.88. The van der Waals surface area contributed by atoms with Gasteiger partial charge in [0, 0.05) is 0 Å². The summed E-state index contributed by atoms with van der Waals surface area (Å²) < 4.78 is 0. The van der Waals surface area contributed by atoms with E-state index in [2.05, 4.69) is 17.4 Å². The Hall–Kier alpha value is -1.55. The van der Waals surface area contributed by atoms with Crippen LogP contribution < -0.4 is 11.1 Å². The fourth-order valence-corrected chi connectivity index (χ4v) is 3.09. The van der Waals surface area contributed by atoms with Crippen molar-refractivity contribution in [3.05, 3.63) is 58.1 Å². The minimum atomic E-state index is -0.650. The molecule has 0 fully saturated rings. The third kappa shape index (κ3) is 4.10. The average Bonchev–Trinajstić information content (AvgIpc) is 2.59. The number of nitrogens with two attached hydrogens (primary N) is 1. The molecular weight excluding hydrogens is 343 g/mol. The van der Waals surface area contributed by atoms with Gasteiger partial charge in [0.25, 0.3) is 0 Å². The van der Waals surface area contributed by atoms with Crippen molar-refractivity contribution in [2.75, 3.05) is 7.05 Å². The molecule has 3 nitrogen and oxygen atoms in total. The zero-order valence-electron chi connectivity index (χ0n) is 13.9. The Morgan fingerprint density at radius 3 is 2.21 bits per heavy atom. The van der Waals surface area contributed by atoms with Gasteiger partial charge in [0.2, 0.25) is 5.91 Å². The van der Waals surface area contributed by atoms with Crippen LogP contribution in [0.5, 0.6) is 0 Å². The molecule has 5 heteroatoms. The normalized spacial score (nSPS) is 13.5. The quantitative estimate of drug-likeness (QED) is 0.762. The highest BCUT2D eigenvalue weighted by Gasteiger charge is 2.32. The molecule has 1 atom stereocenters. The Labute approximate surface area is 153 Å². The van der Waals surface area contributed by atoms with Crippen LogP contribution in [0.15, 0.2) is 42.5 Å². The van der Waals surface area contributed by atoms with Gasteiger partial charge < -0.3 is 11.1 Å². The number of hydrogen-bond donors (Lipinski definition) is 2. The standard InChI is InChI=1S/C19H22Cl2N2O/c1-3-19(23-2,18(22)24)11-10-13-4-6-14(7-5-13)15-8-9-16(20)17(21)12-15/h4-9,12,23H,3,10-11H2,1-2H3,(H2,22,24). The average molecular weight is 365 g/mol. The van der Waals surface area contributed by atoms with E-state index >= 15 is 0 Å². The predicted molar refractivity (Wildman–Crippen MR) is 101 cm³/mol. The van der Waals surface area contributed by atoms with Crippen molar-refractivity contribution in [3.8, 4) is 11.1 Å². The lowest BCUT2D eigenvalue weighted by Gasteiger charge is -2.29. The topological polar surface area (TPSA) is 55.1 Å². The lowest BCUT2D eigenvalue weighted by molar-refractivity contribution is -0.124. The summed E-state index contributed by atoms with van der Waals surface area (Å²) in [6.45, 7) is 1.97. The molecule has 0 radical (unpaired) electrons. The fourth-order valence-electron chi connectivity index (χ4n) is 2.80. The van der Waals surface area contributed by atoms with E-state index in [4.69, 9.17) is 28.9 Å². The van der Waals surface area contributed by atoms with E-state index in [0.29, 0.717) is 22.9 Å². The highest BCUT2D eigenvalue weighted by molar-refractivity contribution is 6.42. The Bertz CT molecular complexity index is 710. The predicted octanol–water partition coefficient (Wildman–Crippen LogP) is 4.45. The molecule has 0 aliphatic carbocycles. The number of hydrogen-bond acceptors (Lipinski definition) is 2. The zero-order valence-corrected chi connectivity index (χ0v) is 15.4. The van der Waals surface area contributed by atoms with Crippen molar-refractivity contribution < 1.29 is 4.79 Å². The van der Waals surface area contributed by atoms with Gasteiger partial charge in [0.15, 0.2) is 0 Å². The maximum atomic E-state index is 11.7. The van der Waals surface area contributed by atoms with Crippen LogP contribution in [0.4, 0.5) is 0 Å². The minimum Gasteiger partial charge on any atom is -0.368 e. The smallest absolute Gasteiger partial charge is 0.237 e. The summed E-state index contributed by atoms with van der Waals surface area (Å²) in [6.07, 6.45) is 2.11. The van der Waals surface area contributed by atoms with Crippen molar-refractivity contribution in [2.24, 2.45) is 5.73 Å². The second-order valence-electron chi connectivity index (χ2n) is 5.88. The highest BCUT2D eigenvalue weighted by Crippen LogP contribution is 2.29. The van der Waals surface area contributed by atoms with E-state index in [0.717, 1.165) is 23.1 Å². The third-order valence-electron chi connectivity index (χ3n) is 4.60. The van der Waals surface area contributed by atoms with Gasteiger partial charge in [-0.3, -0.25) is 4.79 Å². The zero-order chi connectivity index (χ0) is 17.7. The van der Waals surface area contributed by atoms with Gasteiger partial charge >= 0.3 is 0 Å². The molecule has 1 unspecified atom stereocenters. The molecule has 0 saturated heterocycles. The summed E-state index contributed by atoms with van der Waals surface area (Å²) in [7, 11) is 1.78. The van der Waals surface area contributed by atoms with Crippen LogP contribution in [0.2, 0.25) is 10.0 Å². The maximum absolute atomic E-state index is 11.7. The van der Waals surface area contributed by atoms with Crippen LogP contribution in [0.1, 0.15) is 25.3 Å². The summed E-state index contributed by atoms with van der Waals surface area (Å²) >= 11 is 12.0. The molecule has 0 heterocycles. The van der Waals surface area contributed by atoms with Crippen molar-refractivity contribution in [1.29, 1.82) is 0 Å². The van der Waals surface area contributed by atoms with Gasteiger partial charge in [-0.1, -0.05) is 60.5 Å². The molecule has 3 N–H and O–H groups in total. The Balaban J connectivity index is 2.12. The monoisotopic (exact) mass is 364 g/mol. The van der Waals surface area contributed by atoms with Crippen molar-refractivity contribution in [2.45, 2.75) is 31.7 Å². The molecular formula is C19H22Cl2N2O. The molecule has 24 heavy (non-hydrogen) atoms. The molecule has 0 aliphatic rings. The molecule has 2 aromatic carbocycles. The van der Waals surface area contributed by atoms with Crippen molar-refractivity contribution in [3.63, 3.8) is 0 Å². The van der Waals surface area contributed by atoms with Gasteiger partial charge in [-0.25, -0.2) is 0 Å². The van der Waals surface area contributed by atoms with E-state index in [1.165, 1.54) is 0 Å². The SMILES string of the molecule is CCC(CCc1ccc(-c2ccc(Cl)c(Cl)c2)cc1)(NC)C(N)=O. The first-order valence-electron chi connectivity index (χ1n) is 7.95. The first kappa shape index (κ1) is 18.8. The number of likely N-dealkylation sites (N-methyl/N-ethyl adjacent to an activating group) is 1. The van der Waals surface area contributed by atoms with Gasteiger partial charge in [0.05, 0.1) is 15.6 Å². The minimum absolute atomic E-state index is 0.306. The first-order valence-corrected chi connectivity index (χ1v) is 8.70. The van der Waals surface area contributed by atoms with Crippen LogP contribution in [-0.2, 0) is 11.2 Å². The van der Waals surface area contributed by atoms with E-state index < -0.39 is 5.54 Å². The molecule has 0 saturated carbocycles. The van der Waals surface area contributed by atoms with Crippen LogP contribution in [-0.4, -0.2) is 18.5 Å². The summed E-state index contributed by atoms with van der Waals surface area (Å²) in [5.41, 5.74) is 8.16. The van der Waals surface area contributed by atoms with E-state index in [1.807, 2.05) is 31.2 Å². The molecule has 2 aromatic rings. The number of halogens is 2. The highest BCUT2D eigenvalue weighted by atomic mass is 35.5. The third-order valence-corrected chi connectivity index (χ3v) is 5.34. The summed E-state index contributed by atoms with van der Waals surface area (Å²) in [6, 6.07) is 13.8. The summed E-state index contributed by atoms with van der Waals surface area (Å²) in [4.78, 5) is 11.7. The maximum Gasteiger partial charge on any atom is 0.237 e. The molecule has 128 valence electrons.